The molecule has 19 heavy (non-hydrogen) atoms. The highest BCUT2D eigenvalue weighted by Crippen LogP contribution is 2.19. The predicted octanol–water partition coefficient (Wildman–Crippen LogP) is 2.82. The van der Waals surface area contributed by atoms with E-state index in [1.807, 2.05) is 0 Å². The number of carboxylic acids is 1. The van der Waals surface area contributed by atoms with Gasteiger partial charge < -0.3 is 15.7 Å². The number of anilines is 1. The van der Waals surface area contributed by atoms with Crippen molar-refractivity contribution < 1.29 is 19.1 Å². The van der Waals surface area contributed by atoms with Gasteiger partial charge >= 0.3 is 12.0 Å². The first-order valence-corrected chi connectivity index (χ1v) is 6.36. The molecule has 0 saturated heterocycles. The maximum absolute atomic E-state index is 13.0. The molecule has 0 aliphatic rings. The summed E-state index contributed by atoms with van der Waals surface area (Å²) in [5, 5.41) is 13.7. The highest BCUT2D eigenvalue weighted by Gasteiger charge is 2.23. The first-order valence-electron chi connectivity index (χ1n) is 5.56. The Morgan fingerprint density at radius 3 is 2.47 bits per heavy atom. The summed E-state index contributed by atoms with van der Waals surface area (Å²) in [4.78, 5) is 22.6. The van der Waals surface area contributed by atoms with Gasteiger partial charge in [-0.1, -0.05) is 13.8 Å². The van der Waals surface area contributed by atoms with Gasteiger partial charge in [-0.3, -0.25) is 0 Å². The smallest absolute Gasteiger partial charge is 0.326 e. The summed E-state index contributed by atoms with van der Waals surface area (Å²) in [6.45, 7) is 3.38. The topological polar surface area (TPSA) is 78.4 Å². The predicted molar refractivity (Wildman–Crippen MR) is 72.5 cm³/mol. The van der Waals surface area contributed by atoms with Crippen molar-refractivity contribution in [1.29, 1.82) is 0 Å². The summed E-state index contributed by atoms with van der Waals surface area (Å²) in [6.07, 6.45) is 0. The van der Waals surface area contributed by atoms with Crippen LogP contribution in [0, 0.1) is 11.7 Å². The molecule has 0 aliphatic heterocycles. The molecular weight excluding hydrogens is 319 g/mol. The van der Waals surface area contributed by atoms with Crippen LogP contribution in [0.1, 0.15) is 13.8 Å². The Morgan fingerprint density at radius 2 is 2.00 bits per heavy atom. The standard InChI is InChI=1S/C12H14BrFN2O3/c1-6(2)10(11(17)18)16-12(19)15-7-3-4-9(14)8(13)5-7/h3-6,10H,1-2H3,(H,17,18)(H2,15,16,19)/t10-/m0/s1. The molecule has 5 nitrogen and oxygen atoms in total. The number of halogens is 2. The number of carboxylic acid groups (broad SMARTS) is 1. The van der Waals surface area contributed by atoms with Crippen molar-refractivity contribution in [3.8, 4) is 0 Å². The third-order valence-corrected chi connectivity index (χ3v) is 3.00. The van der Waals surface area contributed by atoms with Gasteiger partial charge in [0, 0.05) is 5.69 Å². The van der Waals surface area contributed by atoms with Crippen LogP contribution >= 0.6 is 15.9 Å². The van der Waals surface area contributed by atoms with Crippen LogP contribution in [0.3, 0.4) is 0 Å². The summed E-state index contributed by atoms with van der Waals surface area (Å²) in [6, 6.07) is 2.32. The van der Waals surface area contributed by atoms with Crippen molar-refractivity contribution in [2.75, 3.05) is 5.32 Å². The summed E-state index contributed by atoms with van der Waals surface area (Å²) >= 11 is 2.99. The van der Waals surface area contributed by atoms with E-state index in [0.717, 1.165) is 0 Å². The second kappa shape index (κ2) is 6.51. The molecule has 104 valence electrons. The third-order valence-electron chi connectivity index (χ3n) is 2.40. The number of carbonyl (C=O) groups excluding carboxylic acids is 1. The van der Waals surface area contributed by atoms with Gasteiger partial charge in [0.1, 0.15) is 11.9 Å². The fourth-order valence-electron chi connectivity index (χ4n) is 1.40. The van der Waals surface area contributed by atoms with E-state index >= 15 is 0 Å². The van der Waals surface area contributed by atoms with E-state index in [2.05, 4.69) is 26.6 Å². The van der Waals surface area contributed by atoms with Gasteiger partial charge in [-0.25, -0.2) is 14.0 Å². The number of rotatable bonds is 4. The van der Waals surface area contributed by atoms with Gasteiger partial charge in [0.05, 0.1) is 4.47 Å². The quantitative estimate of drug-likeness (QED) is 0.793. The molecule has 0 fully saturated rings. The van der Waals surface area contributed by atoms with Crippen molar-refractivity contribution in [3.63, 3.8) is 0 Å². The number of amides is 2. The van der Waals surface area contributed by atoms with Crippen LogP contribution in [0.2, 0.25) is 0 Å². The summed E-state index contributed by atoms with van der Waals surface area (Å²) < 4.78 is 13.2. The number of urea groups is 1. The number of aliphatic carboxylic acids is 1. The Bertz CT molecular complexity index is 494. The van der Waals surface area contributed by atoms with Crippen molar-refractivity contribution in [1.82, 2.24) is 5.32 Å². The molecule has 1 atom stereocenters. The fourth-order valence-corrected chi connectivity index (χ4v) is 1.77. The number of benzene rings is 1. The van der Waals surface area contributed by atoms with Gasteiger partial charge in [0.2, 0.25) is 0 Å². The molecule has 1 aromatic rings. The highest BCUT2D eigenvalue weighted by molar-refractivity contribution is 9.10. The van der Waals surface area contributed by atoms with E-state index in [-0.39, 0.29) is 10.4 Å². The SMILES string of the molecule is CC(C)[C@H](NC(=O)Nc1ccc(F)c(Br)c1)C(=O)O. The molecule has 0 radical (unpaired) electrons. The highest BCUT2D eigenvalue weighted by atomic mass is 79.9. The Balaban J connectivity index is 2.69. The van der Waals surface area contributed by atoms with E-state index in [9.17, 15) is 14.0 Å². The largest absolute Gasteiger partial charge is 0.480 e. The maximum Gasteiger partial charge on any atom is 0.326 e. The van der Waals surface area contributed by atoms with Crippen LogP contribution in [0.15, 0.2) is 22.7 Å². The lowest BCUT2D eigenvalue weighted by atomic mass is 10.1. The molecule has 0 aliphatic carbocycles. The maximum atomic E-state index is 13.0. The zero-order valence-electron chi connectivity index (χ0n) is 10.4. The molecule has 0 aromatic heterocycles. The van der Waals surface area contributed by atoms with Gasteiger partial charge in [-0.05, 0) is 40.0 Å². The van der Waals surface area contributed by atoms with Crippen molar-refractivity contribution in [3.05, 3.63) is 28.5 Å². The minimum Gasteiger partial charge on any atom is -0.480 e. The molecule has 0 heterocycles. The average Bonchev–Trinajstić information content (AvgIpc) is 2.30. The Kier molecular flexibility index (Phi) is 5.29. The van der Waals surface area contributed by atoms with Gasteiger partial charge in [0.25, 0.3) is 0 Å². The fraction of sp³-hybridized carbons (Fsp3) is 0.333. The zero-order chi connectivity index (χ0) is 14.6. The van der Waals surface area contributed by atoms with Crippen LogP contribution in [-0.4, -0.2) is 23.1 Å². The molecule has 3 N–H and O–H groups in total. The van der Waals surface area contributed by atoms with Crippen molar-refractivity contribution in [2.45, 2.75) is 19.9 Å². The molecule has 0 spiro atoms. The van der Waals surface area contributed by atoms with Crippen LogP contribution in [0.5, 0.6) is 0 Å². The molecular formula is C12H14BrFN2O3. The van der Waals surface area contributed by atoms with E-state index in [4.69, 9.17) is 5.11 Å². The number of nitrogens with one attached hydrogen (secondary N) is 2. The van der Waals surface area contributed by atoms with E-state index in [1.165, 1.54) is 18.2 Å². The second-order valence-corrected chi connectivity index (χ2v) is 5.14. The molecule has 0 bridgehead atoms. The van der Waals surface area contributed by atoms with Gasteiger partial charge in [0.15, 0.2) is 0 Å². The first kappa shape index (κ1) is 15.4. The second-order valence-electron chi connectivity index (χ2n) is 4.29. The van der Waals surface area contributed by atoms with Crippen LogP contribution in [0.25, 0.3) is 0 Å². The van der Waals surface area contributed by atoms with Crippen LogP contribution < -0.4 is 10.6 Å². The molecule has 7 heteroatoms. The van der Waals surface area contributed by atoms with Gasteiger partial charge in [-0.2, -0.15) is 0 Å². The number of carbonyl (C=O) groups is 2. The number of hydrogen-bond acceptors (Lipinski definition) is 2. The molecule has 2 amide bonds. The lowest BCUT2D eigenvalue weighted by Crippen LogP contribution is -2.46. The molecule has 0 unspecified atom stereocenters. The van der Waals surface area contributed by atoms with Crippen molar-refractivity contribution >= 4 is 33.6 Å². The van der Waals surface area contributed by atoms with E-state index in [0.29, 0.717) is 5.69 Å². The van der Waals surface area contributed by atoms with E-state index < -0.39 is 23.9 Å². The zero-order valence-corrected chi connectivity index (χ0v) is 12.0. The molecule has 0 saturated carbocycles. The van der Waals surface area contributed by atoms with E-state index in [1.54, 1.807) is 13.8 Å². The lowest BCUT2D eigenvalue weighted by Gasteiger charge is -2.18. The minimum atomic E-state index is -1.11. The van der Waals surface area contributed by atoms with Gasteiger partial charge in [-0.15, -0.1) is 0 Å². The average molecular weight is 333 g/mol. The summed E-state index contributed by atoms with van der Waals surface area (Å²) in [5.74, 6) is -1.80. The Hall–Kier alpha value is -1.63. The summed E-state index contributed by atoms with van der Waals surface area (Å²) in [5.41, 5.74) is 0.360. The lowest BCUT2D eigenvalue weighted by molar-refractivity contribution is -0.140. The van der Waals surface area contributed by atoms with Crippen LogP contribution in [0.4, 0.5) is 14.9 Å². The first-order chi connectivity index (χ1) is 8.81. The minimum absolute atomic E-state index is 0.212. The summed E-state index contributed by atoms with van der Waals surface area (Å²) in [7, 11) is 0. The van der Waals surface area contributed by atoms with Crippen LogP contribution in [-0.2, 0) is 4.79 Å². The Morgan fingerprint density at radius 1 is 1.37 bits per heavy atom. The number of hydrogen-bond donors (Lipinski definition) is 3. The third kappa shape index (κ3) is 4.51. The van der Waals surface area contributed by atoms with Crippen molar-refractivity contribution in [2.24, 2.45) is 5.92 Å². The molecule has 1 rings (SSSR count). The molecule has 1 aromatic carbocycles. The normalized spacial score (nSPS) is 12.1. The Labute approximate surface area is 118 Å². The monoisotopic (exact) mass is 332 g/mol.